The third-order valence-electron chi connectivity index (χ3n) is 2.86. The van der Waals surface area contributed by atoms with Crippen molar-refractivity contribution in [3.05, 3.63) is 11.4 Å². The fraction of sp³-hybridized carbons (Fsp3) is 0.500. The lowest BCUT2D eigenvalue weighted by molar-refractivity contribution is -0.129. The summed E-state index contributed by atoms with van der Waals surface area (Å²) in [5.74, 6) is -1.40. The molecule has 10 heteroatoms. The van der Waals surface area contributed by atoms with E-state index in [-0.39, 0.29) is 24.4 Å². The Labute approximate surface area is 125 Å². The number of carbonyl (C=O) groups is 3. The van der Waals surface area contributed by atoms with Gasteiger partial charge in [-0.05, 0) is 0 Å². The molecule has 1 aliphatic heterocycles. The van der Waals surface area contributed by atoms with Crippen LogP contribution in [0.2, 0.25) is 0 Å². The molecule has 0 radical (unpaired) electrons. The van der Waals surface area contributed by atoms with Crippen LogP contribution in [0.4, 0.5) is 0 Å². The first-order valence-corrected chi connectivity index (χ1v) is 6.34. The lowest BCUT2D eigenvalue weighted by Gasteiger charge is -2.24. The first-order chi connectivity index (χ1) is 10.4. The van der Waals surface area contributed by atoms with E-state index in [1.165, 1.54) is 0 Å². The van der Waals surface area contributed by atoms with Crippen molar-refractivity contribution in [3.63, 3.8) is 0 Å². The fourth-order valence-electron chi connectivity index (χ4n) is 1.71. The number of aldehydes is 1. The van der Waals surface area contributed by atoms with Gasteiger partial charge in [-0.15, -0.1) is 0 Å². The van der Waals surface area contributed by atoms with Crippen LogP contribution in [-0.2, 0) is 14.4 Å². The topological polar surface area (TPSA) is 169 Å². The number of nitrogens with one attached hydrogen (secondary N) is 2. The molecule has 0 aromatic heterocycles. The molecule has 0 unspecified atom stereocenters. The van der Waals surface area contributed by atoms with E-state index in [9.17, 15) is 29.7 Å². The lowest BCUT2D eigenvalue weighted by atomic mass is 10.1. The first kappa shape index (κ1) is 17.9. The second-order valence-electron chi connectivity index (χ2n) is 4.48. The second kappa shape index (κ2) is 8.34. The summed E-state index contributed by atoms with van der Waals surface area (Å²) < 4.78 is 0. The number of hydrogen-bond acceptors (Lipinski definition) is 9. The van der Waals surface area contributed by atoms with E-state index in [0.29, 0.717) is 6.29 Å². The molecular formula is C12H17N3O7. The van der Waals surface area contributed by atoms with Crippen molar-refractivity contribution >= 4 is 24.3 Å². The maximum Gasteiger partial charge on any atom is 0.278 e. The van der Waals surface area contributed by atoms with Crippen LogP contribution in [-0.4, -0.2) is 76.2 Å². The number of aliphatic imine (C=N–C) groups is 1. The van der Waals surface area contributed by atoms with Gasteiger partial charge in [0.25, 0.3) is 5.91 Å². The van der Waals surface area contributed by atoms with Crippen LogP contribution in [0.3, 0.4) is 0 Å². The van der Waals surface area contributed by atoms with Crippen molar-refractivity contribution in [1.29, 1.82) is 0 Å². The monoisotopic (exact) mass is 315 g/mol. The minimum absolute atomic E-state index is 0.0663. The Kier molecular flexibility index (Phi) is 6.79. The molecule has 0 bridgehead atoms. The van der Waals surface area contributed by atoms with E-state index in [2.05, 4.69) is 10.3 Å². The summed E-state index contributed by atoms with van der Waals surface area (Å²) in [4.78, 5) is 36.8. The minimum Gasteiger partial charge on any atom is -0.394 e. The van der Waals surface area contributed by atoms with Gasteiger partial charge in [0.15, 0.2) is 6.29 Å². The van der Waals surface area contributed by atoms with E-state index >= 15 is 0 Å². The van der Waals surface area contributed by atoms with Gasteiger partial charge in [-0.25, -0.2) is 4.99 Å². The Balaban J connectivity index is 2.82. The Bertz CT molecular complexity index is 503. The Morgan fingerprint density at radius 1 is 1.27 bits per heavy atom. The Morgan fingerprint density at radius 3 is 2.55 bits per heavy atom. The number of amides is 2. The van der Waals surface area contributed by atoms with Crippen LogP contribution < -0.4 is 10.6 Å². The molecule has 0 aliphatic carbocycles. The number of hydrogen-bond donors (Lipinski definition) is 6. The lowest BCUT2D eigenvalue weighted by Crippen LogP contribution is -2.46. The molecule has 22 heavy (non-hydrogen) atoms. The van der Waals surface area contributed by atoms with Crippen LogP contribution in [0, 0.1) is 0 Å². The molecule has 1 heterocycles. The fourth-order valence-corrected chi connectivity index (χ4v) is 1.71. The van der Waals surface area contributed by atoms with Gasteiger partial charge in [-0.2, -0.15) is 0 Å². The highest BCUT2D eigenvalue weighted by molar-refractivity contribution is 6.16. The van der Waals surface area contributed by atoms with Crippen molar-refractivity contribution in [3.8, 4) is 0 Å². The van der Waals surface area contributed by atoms with Crippen molar-refractivity contribution in [2.75, 3.05) is 13.2 Å². The zero-order valence-corrected chi connectivity index (χ0v) is 11.5. The molecule has 0 aromatic rings. The zero-order valence-electron chi connectivity index (χ0n) is 11.5. The molecule has 0 aromatic carbocycles. The highest BCUT2D eigenvalue weighted by Gasteiger charge is 2.28. The number of imide groups is 1. The van der Waals surface area contributed by atoms with Gasteiger partial charge in [0.2, 0.25) is 5.91 Å². The van der Waals surface area contributed by atoms with Crippen molar-refractivity contribution in [2.24, 2.45) is 4.99 Å². The molecule has 0 saturated carbocycles. The Morgan fingerprint density at radius 2 is 1.95 bits per heavy atom. The maximum atomic E-state index is 11.6. The second-order valence-corrected chi connectivity index (χ2v) is 4.48. The van der Waals surface area contributed by atoms with Crippen molar-refractivity contribution in [1.82, 2.24) is 10.6 Å². The summed E-state index contributed by atoms with van der Waals surface area (Å²) in [5.41, 5.74) is -0.132. The standard InChI is InChI=1S/C12H17N3O7/c16-2-1-13-10-6(3-9(20)15-12(10)22)14-4-7(18)11(21)8(19)5-17/h1-2,7-8,11,14,17-19,21H,3-5H2,(H,15,20,22)/t7-,8+,11-/m0/s1. The molecule has 10 nitrogen and oxygen atoms in total. The first-order valence-electron chi connectivity index (χ1n) is 6.34. The largest absolute Gasteiger partial charge is 0.394 e. The highest BCUT2D eigenvalue weighted by atomic mass is 16.4. The molecule has 1 aliphatic rings. The average molecular weight is 315 g/mol. The molecule has 3 atom stereocenters. The zero-order chi connectivity index (χ0) is 16.7. The number of aliphatic hydroxyl groups is 4. The quantitative estimate of drug-likeness (QED) is 0.150. The third kappa shape index (κ3) is 4.70. The SMILES string of the molecule is O=CC=NC1=C(NC[C@H](O)[C@H](O)[C@H](O)CO)CC(=O)NC1=O. The van der Waals surface area contributed by atoms with Crippen molar-refractivity contribution in [2.45, 2.75) is 24.7 Å². The minimum atomic E-state index is -1.62. The van der Waals surface area contributed by atoms with Crippen LogP contribution in [0.5, 0.6) is 0 Å². The summed E-state index contributed by atoms with van der Waals surface area (Å²) in [6.07, 6.45) is -3.67. The van der Waals surface area contributed by atoms with Gasteiger partial charge in [0.05, 0.1) is 31.0 Å². The highest BCUT2D eigenvalue weighted by Crippen LogP contribution is 2.13. The van der Waals surface area contributed by atoms with Gasteiger partial charge in [0.1, 0.15) is 17.9 Å². The summed E-state index contributed by atoms with van der Waals surface area (Å²) in [6, 6.07) is 0. The van der Waals surface area contributed by atoms with E-state index in [4.69, 9.17) is 5.11 Å². The van der Waals surface area contributed by atoms with Crippen LogP contribution in [0.25, 0.3) is 0 Å². The maximum absolute atomic E-state index is 11.6. The summed E-state index contributed by atoms with van der Waals surface area (Å²) in [5, 5.41) is 41.6. The smallest absolute Gasteiger partial charge is 0.278 e. The summed E-state index contributed by atoms with van der Waals surface area (Å²) >= 11 is 0. The molecule has 0 saturated heterocycles. The van der Waals surface area contributed by atoms with Gasteiger partial charge >= 0.3 is 0 Å². The van der Waals surface area contributed by atoms with E-state index in [1.807, 2.05) is 5.32 Å². The summed E-state index contributed by atoms with van der Waals surface area (Å²) in [7, 11) is 0. The van der Waals surface area contributed by atoms with E-state index in [1.54, 1.807) is 0 Å². The Hall–Kier alpha value is -2.14. The van der Waals surface area contributed by atoms with E-state index in [0.717, 1.165) is 6.21 Å². The summed E-state index contributed by atoms with van der Waals surface area (Å²) in [6.45, 7) is -1.05. The molecule has 1 rings (SSSR count). The molecule has 6 N–H and O–H groups in total. The number of aliphatic hydroxyl groups excluding tert-OH is 4. The van der Waals surface area contributed by atoms with Gasteiger partial charge in [-0.1, -0.05) is 0 Å². The number of carbonyl (C=O) groups excluding carboxylic acids is 3. The number of nitrogens with zero attached hydrogens (tertiary/aromatic N) is 1. The molecule has 122 valence electrons. The van der Waals surface area contributed by atoms with Crippen molar-refractivity contribution < 1.29 is 34.8 Å². The molecule has 0 fully saturated rings. The van der Waals surface area contributed by atoms with Gasteiger partial charge in [0, 0.05) is 6.54 Å². The molecule has 0 spiro atoms. The van der Waals surface area contributed by atoms with E-state index < -0.39 is 36.7 Å². The van der Waals surface area contributed by atoms with Gasteiger partial charge in [-0.3, -0.25) is 19.7 Å². The average Bonchev–Trinajstić information content (AvgIpc) is 2.49. The normalized spacial score (nSPS) is 19.8. The third-order valence-corrected chi connectivity index (χ3v) is 2.86. The molecular weight excluding hydrogens is 298 g/mol. The van der Waals surface area contributed by atoms with Crippen LogP contribution in [0.15, 0.2) is 16.4 Å². The van der Waals surface area contributed by atoms with Gasteiger partial charge < -0.3 is 25.7 Å². The van der Waals surface area contributed by atoms with Crippen LogP contribution in [0.1, 0.15) is 6.42 Å². The van der Waals surface area contributed by atoms with Crippen LogP contribution >= 0.6 is 0 Å². The number of rotatable bonds is 8. The predicted molar refractivity (Wildman–Crippen MR) is 72.5 cm³/mol. The predicted octanol–water partition coefficient (Wildman–Crippen LogP) is -3.82. The molecule has 2 amide bonds.